The van der Waals surface area contributed by atoms with Crippen LogP contribution < -0.4 is 15.8 Å². The number of rotatable bonds is 5. The molecule has 1 N–H and O–H groups in total. The Morgan fingerprint density at radius 3 is 2.50 bits per heavy atom. The van der Waals surface area contributed by atoms with Crippen LogP contribution in [-0.4, -0.2) is 46.1 Å². The number of nitrogens with zero attached hydrogens (tertiary/aromatic N) is 5. The van der Waals surface area contributed by atoms with Crippen molar-refractivity contribution in [3.05, 3.63) is 81.9 Å². The van der Waals surface area contributed by atoms with Crippen LogP contribution in [-0.2, 0) is 6.54 Å². The first-order chi connectivity index (χ1) is 16.5. The molecule has 1 aliphatic rings. The van der Waals surface area contributed by atoms with Crippen LogP contribution in [0.25, 0.3) is 22.6 Å². The molecule has 0 amide bonds. The van der Waals surface area contributed by atoms with Gasteiger partial charge in [-0.1, -0.05) is 23.4 Å². The molecule has 34 heavy (non-hydrogen) atoms. The maximum Gasteiger partial charge on any atom is 0.324 e. The summed E-state index contributed by atoms with van der Waals surface area (Å²) in [5.74, 6) is -3.80. The Kier molecular flexibility index (Phi) is 5.84. The molecule has 3 heterocycles. The van der Waals surface area contributed by atoms with E-state index in [9.17, 15) is 18.0 Å². The standard InChI is InChI=1S/C23H19F3N6O2/c24-17-11-16(12-18(25)21(17)26)19-4-5-20(33)32(29-19)13-14-2-1-3-15(10-14)22-28-23(34-30-22)31-8-6-27-7-9-31/h1-5,10-12,27H,6-9,13H2. The van der Waals surface area contributed by atoms with E-state index >= 15 is 0 Å². The highest BCUT2D eigenvalue weighted by Crippen LogP contribution is 2.23. The van der Waals surface area contributed by atoms with Crippen molar-refractivity contribution in [1.29, 1.82) is 0 Å². The highest BCUT2D eigenvalue weighted by atomic mass is 19.2. The maximum absolute atomic E-state index is 13.6. The van der Waals surface area contributed by atoms with E-state index in [-0.39, 0.29) is 17.8 Å². The third kappa shape index (κ3) is 4.42. The highest BCUT2D eigenvalue weighted by Gasteiger charge is 2.18. The predicted molar refractivity (Wildman–Crippen MR) is 118 cm³/mol. The lowest BCUT2D eigenvalue weighted by Crippen LogP contribution is -2.43. The zero-order chi connectivity index (χ0) is 23.7. The SMILES string of the molecule is O=c1ccc(-c2cc(F)c(F)c(F)c2)nn1Cc1cccc(-c2noc(N3CCNCC3)n2)c1. The van der Waals surface area contributed by atoms with Gasteiger partial charge >= 0.3 is 6.01 Å². The summed E-state index contributed by atoms with van der Waals surface area (Å²) in [6.45, 7) is 3.31. The summed E-state index contributed by atoms with van der Waals surface area (Å²) in [5, 5.41) is 11.5. The van der Waals surface area contributed by atoms with Crippen LogP contribution in [0, 0.1) is 17.5 Å². The zero-order valence-corrected chi connectivity index (χ0v) is 17.8. The first-order valence-corrected chi connectivity index (χ1v) is 10.6. The third-order valence-electron chi connectivity index (χ3n) is 5.47. The summed E-state index contributed by atoms with van der Waals surface area (Å²) in [6.07, 6.45) is 0. The van der Waals surface area contributed by atoms with Gasteiger partial charge in [-0.05, 0) is 29.8 Å². The molecule has 0 aliphatic carbocycles. The maximum atomic E-state index is 13.6. The van der Waals surface area contributed by atoms with Crippen molar-refractivity contribution in [1.82, 2.24) is 25.2 Å². The number of halogens is 3. The molecular weight excluding hydrogens is 449 g/mol. The zero-order valence-electron chi connectivity index (χ0n) is 17.8. The number of hydrogen-bond donors (Lipinski definition) is 1. The Morgan fingerprint density at radius 2 is 1.74 bits per heavy atom. The van der Waals surface area contributed by atoms with Gasteiger partial charge in [0, 0.05) is 43.4 Å². The normalized spacial score (nSPS) is 13.9. The van der Waals surface area contributed by atoms with E-state index in [1.807, 2.05) is 17.0 Å². The average Bonchev–Trinajstić information content (AvgIpc) is 3.35. The second kappa shape index (κ2) is 9.10. The summed E-state index contributed by atoms with van der Waals surface area (Å²) in [7, 11) is 0. The Labute approximate surface area is 191 Å². The Balaban J connectivity index is 1.40. The van der Waals surface area contributed by atoms with Crippen molar-refractivity contribution < 1.29 is 17.7 Å². The molecule has 11 heteroatoms. The quantitative estimate of drug-likeness (QED) is 0.451. The molecule has 8 nitrogen and oxygen atoms in total. The Bertz CT molecular complexity index is 1370. The van der Waals surface area contributed by atoms with E-state index in [0.29, 0.717) is 17.4 Å². The van der Waals surface area contributed by atoms with Crippen LogP contribution in [0.4, 0.5) is 19.2 Å². The van der Waals surface area contributed by atoms with E-state index in [2.05, 4.69) is 20.6 Å². The van der Waals surface area contributed by atoms with Crippen molar-refractivity contribution in [2.45, 2.75) is 6.54 Å². The van der Waals surface area contributed by atoms with E-state index in [0.717, 1.165) is 48.6 Å². The summed E-state index contributed by atoms with van der Waals surface area (Å²) >= 11 is 0. The molecule has 2 aromatic heterocycles. The minimum absolute atomic E-state index is 0.0196. The van der Waals surface area contributed by atoms with Crippen LogP contribution in [0.15, 0.2) is 57.8 Å². The molecular formula is C23H19F3N6O2. The van der Waals surface area contributed by atoms with Gasteiger partial charge in [-0.25, -0.2) is 17.9 Å². The minimum atomic E-state index is -1.56. The van der Waals surface area contributed by atoms with E-state index in [4.69, 9.17) is 4.52 Å². The number of anilines is 1. The van der Waals surface area contributed by atoms with Gasteiger partial charge in [0.05, 0.1) is 12.2 Å². The van der Waals surface area contributed by atoms with Gasteiger partial charge in [0.2, 0.25) is 5.82 Å². The molecule has 0 radical (unpaired) electrons. The molecule has 0 spiro atoms. The highest BCUT2D eigenvalue weighted by molar-refractivity contribution is 5.59. The van der Waals surface area contributed by atoms with Gasteiger partial charge in [0.1, 0.15) is 0 Å². The van der Waals surface area contributed by atoms with Crippen molar-refractivity contribution >= 4 is 6.01 Å². The van der Waals surface area contributed by atoms with Crippen LogP contribution in [0.2, 0.25) is 0 Å². The molecule has 5 rings (SSSR count). The summed E-state index contributed by atoms with van der Waals surface area (Å²) in [4.78, 5) is 18.9. The second-order valence-electron chi connectivity index (χ2n) is 7.81. The van der Waals surface area contributed by atoms with Crippen LogP contribution in [0.5, 0.6) is 0 Å². The first kappa shape index (κ1) is 21.8. The van der Waals surface area contributed by atoms with Crippen molar-refractivity contribution in [2.24, 2.45) is 0 Å². The molecule has 1 fully saturated rings. The number of nitrogens with one attached hydrogen (secondary N) is 1. The van der Waals surface area contributed by atoms with Crippen molar-refractivity contribution in [2.75, 3.05) is 31.1 Å². The lowest BCUT2D eigenvalue weighted by Gasteiger charge is -2.24. The molecule has 0 saturated carbocycles. The molecule has 1 saturated heterocycles. The first-order valence-electron chi connectivity index (χ1n) is 10.6. The molecule has 0 unspecified atom stereocenters. The van der Waals surface area contributed by atoms with Gasteiger partial charge in [-0.2, -0.15) is 10.1 Å². The van der Waals surface area contributed by atoms with Gasteiger partial charge in [-0.3, -0.25) is 4.79 Å². The van der Waals surface area contributed by atoms with Gasteiger partial charge in [0.15, 0.2) is 17.5 Å². The fourth-order valence-electron chi connectivity index (χ4n) is 3.72. The van der Waals surface area contributed by atoms with E-state index in [1.54, 1.807) is 12.1 Å². The lowest BCUT2D eigenvalue weighted by atomic mass is 10.1. The fraction of sp³-hybridized carbons (Fsp3) is 0.217. The number of hydrogen-bond acceptors (Lipinski definition) is 7. The van der Waals surface area contributed by atoms with Crippen LogP contribution in [0.1, 0.15) is 5.56 Å². The van der Waals surface area contributed by atoms with Gasteiger partial charge in [0.25, 0.3) is 5.56 Å². The van der Waals surface area contributed by atoms with Gasteiger partial charge in [-0.15, -0.1) is 0 Å². The largest absolute Gasteiger partial charge is 0.324 e. The topological polar surface area (TPSA) is 89.1 Å². The minimum Gasteiger partial charge on any atom is -0.322 e. The number of benzene rings is 2. The average molecular weight is 468 g/mol. The molecule has 4 aromatic rings. The van der Waals surface area contributed by atoms with Crippen molar-refractivity contribution in [3.63, 3.8) is 0 Å². The van der Waals surface area contributed by atoms with Crippen LogP contribution >= 0.6 is 0 Å². The lowest BCUT2D eigenvalue weighted by molar-refractivity contribution is 0.405. The van der Waals surface area contributed by atoms with Gasteiger partial charge < -0.3 is 14.7 Å². The van der Waals surface area contributed by atoms with Crippen molar-refractivity contribution in [3.8, 4) is 22.6 Å². The molecule has 1 aliphatic heterocycles. The monoisotopic (exact) mass is 468 g/mol. The third-order valence-corrected chi connectivity index (χ3v) is 5.47. The number of piperazine rings is 1. The molecule has 2 aromatic carbocycles. The van der Waals surface area contributed by atoms with E-state index < -0.39 is 23.0 Å². The Hall–Kier alpha value is -3.99. The Morgan fingerprint density at radius 1 is 0.971 bits per heavy atom. The predicted octanol–water partition coefficient (Wildman–Crippen LogP) is 2.84. The summed E-state index contributed by atoms with van der Waals surface area (Å²) in [6, 6.07) is 11.9. The summed E-state index contributed by atoms with van der Waals surface area (Å²) in [5.41, 5.74) is 1.18. The smallest absolute Gasteiger partial charge is 0.322 e. The summed E-state index contributed by atoms with van der Waals surface area (Å²) < 4.78 is 47.2. The number of aromatic nitrogens is 4. The molecule has 174 valence electrons. The second-order valence-corrected chi connectivity index (χ2v) is 7.81. The van der Waals surface area contributed by atoms with Crippen LogP contribution in [0.3, 0.4) is 0 Å². The fourth-order valence-corrected chi connectivity index (χ4v) is 3.72. The molecule has 0 bridgehead atoms. The molecule has 0 atom stereocenters. The van der Waals surface area contributed by atoms with E-state index in [1.165, 1.54) is 12.1 Å².